The Morgan fingerprint density at radius 1 is 1.10 bits per heavy atom. The number of piperazine rings is 1. The predicted octanol–water partition coefficient (Wildman–Crippen LogP) is 5.98. The maximum Gasteiger partial charge on any atom is 0.422 e. The fourth-order valence-electron chi connectivity index (χ4n) is 6.66. The van der Waals surface area contributed by atoms with Gasteiger partial charge in [-0.15, -0.1) is 0 Å². The van der Waals surface area contributed by atoms with Gasteiger partial charge in [-0.25, -0.2) is 4.39 Å². The van der Waals surface area contributed by atoms with E-state index in [9.17, 15) is 27.6 Å². The second kappa shape index (κ2) is 13.8. The summed E-state index contributed by atoms with van der Waals surface area (Å²) in [5.74, 6) is -1.95. The Morgan fingerprint density at radius 2 is 1.88 bits per heavy atom. The Morgan fingerprint density at radius 3 is 2.57 bits per heavy atom. The number of halogens is 4. The number of fused-ring (bicyclic) bond motifs is 2. The standard InChI is InChI=1S/C35H35F4N7O3/c1-21-7-4-8-23-9-5-11-26(28(21)23)29-31(49-20-35(37,38)39)30-27(17-41-29)32(43-34(42-30)48-19-25-10-6-14-44(25)3)45-15-16-46(33(47)22(2)36)24(18-45)12-13-40/h4-5,7-9,11,17,24-25H,2,6,10,12,14-16,18-20H2,1,3H3. The summed E-state index contributed by atoms with van der Waals surface area (Å²) in [4.78, 5) is 31.8. The Labute approximate surface area is 280 Å². The molecule has 2 atom stereocenters. The zero-order valence-electron chi connectivity index (χ0n) is 27.1. The number of aromatic nitrogens is 3. The normalized spacial score (nSPS) is 18.6. The predicted molar refractivity (Wildman–Crippen MR) is 176 cm³/mol. The summed E-state index contributed by atoms with van der Waals surface area (Å²) in [6.07, 6.45) is -1.37. The van der Waals surface area contributed by atoms with E-state index in [-0.39, 0.29) is 72.9 Å². The summed E-state index contributed by atoms with van der Waals surface area (Å²) in [5.41, 5.74) is 1.70. The Kier molecular flexibility index (Phi) is 9.56. The number of nitriles is 1. The number of rotatable bonds is 9. The maximum atomic E-state index is 13.9. The van der Waals surface area contributed by atoms with Gasteiger partial charge in [0.25, 0.3) is 5.91 Å². The van der Waals surface area contributed by atoms with Crippen molar-refractivity contribution in [1.82, 2.24) is 24.8 Å². The van der Waals surface area contributed by atoms with Crippen molar-refractivity contribution < 1.29 is 31.8 Å². The van der Waals surface area contributed by atoms with Crippen LogP contribution in [0.5, 0.6) is 11.8 Å². The van der Waals surface area contributed by atoms with Crippen LogP contribution in [0, 0.1) is 18.3 Å². The number of hydrogen-bond donors (Lipinski definition) is 0. The summed E-state index contributed by atoms with van der Waals surface area (Å²) >= 11 is 0. The highest BCUT2D eigenvalue weighted by molar-refractivity contribution is 6.03. The van der Waals surface area contributed by atoms with Gasteiger partial charge >= 0.3 is 12.2 Å². The van der Waals surface area contributed by atoms with Crippen LogP contribution in [-0.4, -0.2) is 95.4 Å². The van der Waals surface area contributed by atoms with Gasteiger partial charge in [0.2, 0.25) is 0 Å². The molecule has 0 spiro atoms. The number of carbonyl (C=O) groups is 1. The monoisotopic (exact) mass is 677 g/mol. The summed E-state index contributed by atoms with van der Waals surface area (Å²) in [6.45, 7) is 4.88. The van der Waals surface area contributed by atoms with Crippen molar-refractivity contribution in [1.29, 1.82) is 5.26 Å². The number of likely N-dealkylation sites (N-methyl/N-ethyl adjacent to an activating group) is 1. The van der Waals surface area contributed by atoms with Crippen molar-refractivity contribution in [2.75, 3.05) is 51.3 Å². The van der Waals surface area contributed by atoms with E-state index >= 15 is 0 Å². The van der Waals surface area contributed by atoms with E-state index in [2.05, 4.69) is 21.4 Å². The van der Waals surface area contributed by atoms with Crippen LogP contribution in [-0.2, 0) is 4.79 Å². The second-order valence-electron chi connectivity index (χ2n) is 12.4. The Balaban J connectivity index is 1.53. The summed E-state index contributed by atoms with van der Waals surface area (Å²) < 4.78 is 66.8. The first kappa shape index (κ1) is 33.9. The lowest BCUT2D eigenvalue weighted by Gasteiger charge is -2.41. The van der Waals surface area contributed by atoms with Crippen molar-refractivity contribution in [2.24, 2.45) is 0 Å². The molecule has 1 amide bonds. The number of aryl methyl sites for hydroxylation is 1. The van der Waals surface area contributed by atoms with Gasteiger partial charge in [-0.05, 0) is 49.7 Å². The smallest absolute Gasteiger partial charge is 0.422 e. The van der Waals surface area contributed by atoms with Crippen LogP contribution in [0.1, 0.15) is 24.8 Å². The molecule has 0 bridgehead atoms. The molecule has 2 aromatic heterocycles. The molecule has 2 saturated heterocycles. The first-order valence-electron chi connectivity index (χ1n) is 15.9. The Hall–Kier alpha value is -5.03. The van der Waals surface area contributed by atoms with Crippen molar-refractivity contribution in [3.8, 4) is 29.1 Å². The van der Waals surface area contributed by atoms with Crippen LogP contribution >= 0.6 is 0 Å². The summed E-state index contributed by atoms with van der Waals surface area (Å²) in [7, 11) is 1.99. The molecule has 4 aromatic rings. The molecule has 0 saturated carbocycles. The molecule has 0 radical (unpaired) electrons. The number of anilines is 1. The lowest BCUT2D eigenvalue weighted by atomic mass is 9.97. The minimum atomic E-state index is -4.66. The van der Waals surface area contributed by atoms with E-state index in [1.807, 2.05) is 44.3 Å². The highest BCUT2D eigenvalue weighted by Crippen LogP contribution is 2.42. The number of carbonyl (C=O) groups excluding carboxylic acids is 1. The number of benzene rings is 2. The van der Waals surface area contributed by atoms with Crippen molar-refractivity contribution in [3.05, 3.63) is 60.6 Å². The SMILES string of the molecule is C=C(F)C(=O)N1CCN(c2nc(OCC3CCCN3C)nc3c(OCC(F)(F)F)c(-c4cccc5cccc(C)c45)ncc23)CC1CC#N. The van der Waals surface area contributed by atoms with Gasteiger partial charge in [-0.3, -0.25) is 9.78 Å². The van der Waals surface area contributed by atoms with Crippen molar-refractivity contribution in [2.45, 2.75) is 44.4 Å². The second-order valence-corrected chi connectivity index (χ2v) is 12.4. The summed E-state index contributed by atoms with van der Waals surface area (Å²) in [5, 5.41) is 11.5. The number of pyridine rings is 1. The van der Waals surface area contributed by atoms with Crippen LogP contribution in [0.15, 0.2) is 55.0 Å². The average Bonchev–Trinajstić information content (AvgIpc) is 3.49. The van der Waals surface area contributed by atoms with E-state index in [0.29, 0.717) is 5.56 Å². The minimum Gasteiger partial charge on any atom is -0.480 e. The minimum absolute atomic E-state index is 0.0426. The first-order chi connectivity index (χ1) is 23.4. The van der Waals surface area contributed by atoms with Crippen LogP contribution in [0.25, 0.3) is 32.9 Å². The quantitative estimate of drug-likeness (QED) is 0.156. The molecule has 49 heavy (non-hydrogen) atoms. The zero-order chi connectivity index (χ0) is 34.9. The number of likely N-dealkylation sites (tertiary alicyclic amines) is 1. The van der Waals surface area contributed by atoms with Crippen molar-refractivity contribution in [3.63, 3.8) is 0 Å². The molecule has 2 aliphatic heterocycles. The van der Waals surface area contributed by atoms with Gasteiger partial charge in [0.15, 0.2) is 18.2 Å². The molecule has 0 aliphatic carbocycles. The van der Waals surface area contributed by atoms with Gasteiger partial charge < -0.3 is 24.2 Å². The van der Waals surface area contributed by atoms with Gasteiger partial charge in [-0.1, -0.05) is 43.0 Å². The molecule has 2 unspecified atom stereocenters. The number of nitrogens with zero attached hydrogens (tertiary/aromatic N) is 7. The highest BCUT2D eigenvalue weighted by atomic mass is 19.4. The number of amides is 1. The third-order valence-corrected chi connectivity index (χ3v) is 9.08. The zero-order valence-corrected chi connectivity index (χ0v) is 27.1. The van der Waals surface area contributed by atoms with E-state index in [4.69, 9.17) is 14.5 Å². The molecule has 14 heteroatoms. The highest BCUT2D eigenvalue weighted by Gasteiger charge is 2.35. The van der Waals surface area contributed by atoms with Gasteiger partial charge in [0.05, 0.1) is 23.9 Å². The lowest BCUT2D eigenvalue weighted by Crippen LogP contribution is -2.55. The fourth-order valence-corrected chi connectivity index (χ4v) is 6.66. The van der Waals surface area contributed by atoms with E-state index in [0.717, 1.165) is 35.7 Å². The molecular weight excluding hydrogens is 642 g/mol. The third-order valence-electron chi connectivity index (χ3n) is 9.08. The molecule has 4 heterocycles. The van der Waals surface area contributed by atoms with Gasteiger partial charge in [0.1, 0.15) is 23.6 Å². The largest absolute Gasteiger partial charge is 0.480 e. The first-order valence-corrected chi connectivity index (χ1v) is 15.9. The molecule has 256 valence electrons. The number of alkyl halides is 3. The molecule has 2 aromatic carbocycles. The molecule has 0 N–H and O–H groups in total. The van der Waals surface area contributed by atoms with Crippen LogP contribution in [0.3, 0.4) is 0 Å². The molecule has 2 fully saturated rings. The molecule has 6 rings (SSSR count). The van der Waals surface area contributed by atoms with Crippen LogP contribution < -0.4 is 14.4 Å². The fraction of sp³-hybridized carbons (Fsp3) is 0.400. The van der Waals surface area contributed by atoms with Gasteiger partial charge in [0, 0.05) is 37.4 Å². The molecular formula is C35H35F4N7O3. The van der Waals surface area contributed by atoms with Crippen LogP contribution in [0.4, 0.5) is 23.4 Å². The van der Waals surface area contributed by atoms with Crippen LogP contribution in [0.2, 0.25) is 0 Å². The number of ether oxygens (including phenoxy) is 2. The maximum absolute atomic E-state index is 13.9. The summed E-state index contributed by atoms with van der Waals surface area (Å²) in [6, 6.07) is 12.6. The average molecular weight is 678 g/mol. The van der Waals surface area contributed by atoms with E-state index in [1.54, 1.807) is 17.0 Å². The van der Waals surface area contributed by atoms with E-state index < -0.39 is 30.6 Å². The molecule has 10 nitrogen and oxygen atoms in total. The van der Waals surface area contributed by atoms with E-state index in [1.165, 1.54) is 11.1 Å². The Bertz CT molecular complexity index is 1940. The topological polar surface area (TPSA) is 108 Å². The lowest BCUT2D eigenvalue weighted by molar-refractivity contribution is -0.153. The third kappa shape index (κ3) is 7.07. The molecule has 2 aliphatic rings. The van der Waals surface area contributed by atoms with Gasteiger partial charge in [-0.2, -0.15) is 28.4 Å². The van der Waals surface area contributed by atoms with Crippen molar-refractivity contribution >= 4 is 33.4 Å². The number of hydrogen-bond acceptors (Lipinski definition) is 9.